The Bertz CT molecular complexity index is 1060. The minimum Gasteiger partial charge on any atom is -0.450 e. The molecule has 0 bridgehead atoms. The summed E-state index contributed by atoms with van der Waals surface area (Å²) in [6, 6.07) is 5.33. The molecule has 8 heteroatoms. The predicted molar refractivity (Wildman–Crippen MR) is 102 cm³/mol. The van der Waals surface area contributed by atoms with Gasteiger partial charge in [-0.2, -0.15) is 0 Å². The van der Waals surface area contributed by atoms with Crippen LogP contribution in [0.15, 0.2) is 35.0 Å². The molecule has 0 fully saturated rings. The van der Waals surface area contributed by atoms with E-state index in [2.05, 4.69) is 15.3 Å². The number of amides is 2. The molecule has 1 aliphatic rings. The van der Waals surface area contributed by atoms with Gasteiger partial charge in [0.05, 0.1) is 18.7 Å². The number of pyridine rings is 1. The molecule has 144 valence electrons. The SMILES string of the molecule is CCOC(=O)N1CCc2c(cncc2C(=O)Nc2ccc3oc(C)nc3c2)C1. The van der Waals surface area contributed by atoms with Gasteiger partial charge in [-0.05, 0) is 42.7 Å². The van der Waals surface area contributed by atoms with Crippen molar-refractivity contribution in [3.05, 3.63) is 53.2 Å². The summed E-state index contributed by atoms with van der Waals surface area (Å²) in [7, 11) is 0. The van der Waals surface area contributed by atoms with Crippen molar-refractivity contribution >= 4 is 28.8 Å². The van der Waals surface area contributed by atoms with Crippen LogP contribution in [-0.4, -0.2) is 40.0 Å². The van der Waals surface area contributed by atoms with Crippen molar-refractivity contribution in [2.75, 3.05) is 18.5 Å². The minimum atomic E-state index is -0.348. The van der Waals surface area contributed by atoms with Crippen molar-refractivity contribution in [3.8, 4) is 0 Å². The van der Waals surface area contributed by atoms with Gasteiger partial charge >= 0.3 is 6.09 Å². The van der Waals surface area contributed by atoms with Crippen molar-refractivity contribution in [3.63, 3.8) is 0 Å². The topological polar surface area (TPSA) is 97.6 Å². The van der Waals surface area contributed by atoms with Gasteiger partial charge in [0.25, 0.3) is 5.91 Å². The Morgan fingerprint density at radius 3 is 3.00 bits per heavy atom. The quantitative estimate of drug-likeness (QED) is 0.749. The van der Waals surface area contributed by atoms with Crippen molar-refractivity contribution < 1.29 is 18.7 Å². The first-order valence-electron chi connectivity index (χ1n) is 9.11. The molecule has 1 N–H and O–H groups in total. The van der Waals surface area contributed by atoms with Crippen LogP contribution in [0.2, 0.25) is 0 Å². The normalized spacial score (nSPS) is 13.3. The number of ether oxygens (including phenoxy) is 1. The number of fused-ring (bicyclic) bond motifs is 2. The van der Waals surface area contributed by atoms with E-state index in [1.54, 1.807) is 49.3 Å². The van der Waals surface area contributed by atoms with E-state index in [-0.39, 0.29) is 12.0 Å². The van der Waals surface area contributed by atoms with Crippen LogP contribution in [0.4, 0.5) is 10.5 Å². The summed E-state index contributed by atoms with van der Waals surface area (Å²) in [4.78, 5) is 34.9. The average Bonchev–Trinajstić information content (AvgIpc) is 3.06. The maximum Gasteiger partial charge on any atom is 0.410 e. The van der Waals surface area contributed by atoms with Crippen LogP contribution in [0.5, 0.6) is 0 Å². The number of rotatable bonds is 3. The smallest absolute Gasteiger partial charge is 0.410 e. The maximum absolute atomic E-state index is 12.8. The number of aryl methyl sites for hydroxylation is 1. The van der Waals surface area contributed by atoms with Crippen molar-refractivity contribution in [1.82, 2.24) is 14.9 Å². The van der Waals surface area contributed by atoms with Crippen LogP contribution in [0.1, 0.15) is 34.3 Å². The molecule has 3 aromatic rings. The largest absolute Gasteiger partial charge is 0.450 e. The van der Waals surface area contributed by atoms with E-state index in [9.17, 15) is 9.59 Å². The first-order chi connectivity index (χ1) is 13.5. The van der Waals surface area contributed by atoms with Crippen LogP contribution in [0.25, 0.3) is 11.1 Å². The summed E-state index contributed by atoms with van der Waals surface area (Å²) in [5.74, 6) is 0.333. The van der Waals surface area contributed by atoms with Crippen molar-refractivity contribution in [2.45, 2.75) is 26.8 Å². The molecular formula is C20H20N4O4. The molecule has 1 aromatic carbocycles. The molecular weight excluding hydrogens is 360 g/mol. The van der Waals surface area contributed by atoms with Gasteiger partial charge in [0, 0.05) is 31.5 Å². The Hall–Kier alpha value is -3.42. The number of aromatic nitrogens is 2. The molecule has 0 aliphatic carbocycles. The highest BCUT2D eigenvalue weighted by molar-refractivity contribution is 6.06. The summed E-state index contributed by atoms with van der Waals surface area (Å²) < 4.78 is 10.5. The fourth-order valence-corrected chi connectivity index (χ4v) is 3.38. The molecule has 8 nitrogen and oxygen atoms in total. The number of anilines is 1. The zero-order valence-electron chi connectivity index (χ0n) is 15.7. The fourth-order valence-electron chi connectivity index (χ4n) is 3.38. The Kier molecular flexibility index (Phi) is 4.68. The van der Waals surface area contributed by atoms with Crippen molar-refractivity contribution in [1.29, 1.82) is 0 Å². The molecule has 2 amide bonds. The zero-order valence-corrected chi connectivity index (χ0v) is 15.7. The third kappa shape index (κ3) is 3.40. The van der Waals surface area contributed by atoms with Gasteiger partial charge in [0.2, 0.25) is 0 Å². The highest BCUT2D eigenvalue weighted by atomic mass is 16.6. The number of carbonyl (C=O) groups excluding carboxylic acids is 2. The second-order valence-electron chi connectivity index (χ2n) is 6.56. The molecule has 0 saturated carbocycles. The third-order valence-electron chi connectivity index (χ3n) is 4.66. The maximum atomic E-state index is 12.8. The second kappa shape index (κ2) is 7.30. The zero-order chi connectivity index (χ0) is 19.7. The van der Waals surface area contributed by atoms with E-state index in [1.807, 2.05) is 0 Å². The van der Waals surface area contributed by atoms with Crippen LogP contribution in [0.3, 0.4) is 0 Å². The predicted octanol–water partition coefficient (Wildman–Crippen LogP) is 3.30. The standard InChI is InChI=1S/C20H20N4O4/c1-3-27-20(26)24-7-6-15-13(11-24)9-21-10-16(15)19(25)23-14-4-5-18-17(8-14)22-12(2)28-18/h4-5,8-10H,3,6-7,11H2,1-2H3,(H,23,25). The molecule has 4 rings (SSSR count). The summed E-state index contributed by atoms with van der Waals surface area (Å²) in [6.45, 7) is 4.77. The van der Waals surface area contributed by atoms with Crippen LogP contribution >= 0.6 is 0 Å². The number of nitrogens with zero attached hydrogens (tertiary/aromatic N) is 3. The van der Waals surface area contributed by atoms with Gasteiger partial charge in [-0.25, -0.2) is 9.78 Å². The van der Waals surface area contributed by atoms with Crippen LogP contribution in [-0.2, 0) is 17.7 Å². The first kappa shape index (κ1) is 18.0. The van der Waals surface area contributed by atoms with Crippen LogP contribution in [0, 0.1) is 6.92 Å². The van der Waals surface area contributed by atoms with E-state index in [0.29, 0.717) is 54.4 Å². The second-order valence-corrected chi connectivity index (χ2v) is 6.56. The number of oxazole rings is 1. The summed E-state index contributed by atoms with van der Waals surface area (Å²) in [5.41, 5.74) is 4.27. The lowest BCUT2D eigenvalue weighted by atomic mass is 9.97. The lowest BCUT2D eigenvalue weighted by Gasteiger charge is -2.28. The first-order valence-corrected chi connectivity index (χ1v) is 9.11. The van der Waals surface area contributed by atoms with Gasteiger partial charge < -0.3 is 19.4 Å². The molecule has 0 radical (unpaired) electrons. The fraction of sp³-hybridized carbons (Fsp3) is 0.300. The molecule has 0 atom stereocenters. The molecule has 1 aliphatic heterocycles. The van der Waals surface area contributed by atoms with E-state index < -0.39 is 0 Å². The van der Waals surface area contributed by atoms with E-state index >= 15 is 0 Å². The summed E-state index contributed by atoms with van der Waals surface area (Å²) >= 11 is 0. The Morgan fingerprint density at radius 2 is 2.18 bits per heavy atom. The van der Waals surface area contributed by atoms with E-state index in [0.717, 1.165) is 11.1 Å². The van der Waals surface area contributed by atoms with Gasteiger partial charge in [-0.3, -0.25) is 9.78 Å². The molecule has 0 spiro atoms. The van der Waals surface area contributed by atoms with Crippen molar-refractivity contribution in [2.24, 2.45) is 0 Å². The molecule has 28 heavy (non-hydrogen) atoms. The lowest BCUT2D eigenvalue weighted by Crippen LogP contribution is -2.37. The Labute approximate surface area is 161 Å². The lowest BCUT2D eigenvalue weighted by molar-refractivity contribution is 0.101. The van der Waals surface area contributed by atoms with Gasteiger partial charge in [0.15, 0.2) is 11.5 Å². The number of hydrogen-bond donors (Lipinski definition) is 1. The summed E-state index contributed by atoms with van der Waals surface area (Å²) in [5, 5.41) is 2.90. The molecule has 3 heterocycles. The number of carbonyl (C=O) groups is 2. The molecule has 0 unspecified atom stereocenters. The third-order valence-corrected chi connectivity index (χ3v) is 4.66. The average molecular weight is 380 g/mol. The highest BCUT2D eigenvalue weighted by Crippen LogP contribution is 2.24. The monoisotopic (exact) mass is 380 g/mol. The van der Waals surface area contributed by atoms with Gasteiger partial charge in [0.1, 0.15) is 5.52 Å². The molecule has 2 aromatic heterocycles. The van der Waals surface area contributed by atoms with E-state index in [4.69, 9.17) is 9.15 Å². The Morgan fingerprint density at radius 1 is 1.32 bits per heavy atom. The van der Waals surface area contributed by atoms with Gasteiger partial charge in [-0.1, -0.05) is 0 Å². The minimum absolute atomic E-state index is 0.242. The van der Waals surface area contributed by atoms with Crippen LogP contribution < -0.4 is 5.32 Å². The number of hydrogen-bond acceptors (Lipinski definition) is 6. The number of nitrogens with one attached hydrogen (secondary N) is 1. The van der Waals surface area contributed by atoms with Gasteiger partial charge in [-0.15, -0.1) is 0 Å². The highest BCUT2D eigenvalue weighted by Gasteiger charge is 2.25. The van der Waals surface area contributed by atoms with E-state index in [1.165, 1.54) is 0 Å². The number of benzene rings is 1. The Balaban J connectivity index is 1.55. The summed E-state index contributed by atoms with van der Waals surface area (Å²) in [6.07, 6.45) is 3.48. The molecule has 0 saturated heterocycles.